The molecule has 25 heavy (non-hydrogen) atoms. The van der Waals surface area contributed by atoms with E-state index < -0.39 is 0 Å². The molecule has 6 nitrogen and oxygen atoms in total. The number of nitrogens with one attached hydrogen (secondary N) is 1. The average molecular weight is 359 g/mol. The Hall–Kier alpha value is -2.60. The van der Waals surface area contributed by atoms with Gasteiger partial charge in [0, 0.05) is 24.7 Å². The molecule has 0 bridgehead atoms. The highest BCUT2D eigenvalue weighted by atomic mass is 35.5. The van der Waals surface area contributed by atoms with Crippen molar-refractivity contribution < 1.29 is 9.32 Å². The molecular weight excluding hydrogens is 340 g/mol. The van der Waals surface area contributed by atoms with E-state index in [9.17, 15) is 4.79 Å². The van der Waals surface area contributed by atoms with Gasteiger partial charge in [-0.2, -0.15) is 5.10 Å². The molecule has 0 atom stereocenters. The van der Waals surface area contributed by atoms with E-state index >= 15 is 0 Å². The van der Waals surface area contributed by atoms with Gasteiger partial charge in [-0.1, -0.05) is 47.1 Å². The van der Waals surface area contributed by atoms with Crippen LogP contribution >= 0.6 is 11.6 Å². The van der Waals surface area contributed by atoms with Crippen LogP contribution in [-0.4, -0.2) is 27.4 Å². The Kier molecular flexibility index (Phi) is 5.19. The standard InChI is InChI=1S/C18H19ClN4O2/c1-12-17(19)13(2)23(21-12)10-6-9-20-18(24)15-11-16(25-22-15)14-7-4-3-5-8-14/h3-5,7-8,11H,6,9-10H2,1-2H3,(H,20,24). The second kappa shape index (κ2) is 7.53. The Morgan fingerprint density at radius 1 is 1.28 bits per heavy atom. The van der Waals surface area contributed by atoms with Gasteiger partial charge in [0.15, 0.2) is 11.5 Å². The van der Waals surface area contributed by atoms with E-state index in [0.29, 0.717) is 23.9 Å². The van der Waals surface area contributed by atoms with E-state index in [1.165, 1.54) is 0 Å². The van der Waals surface area contributed by atoms with Crippen LogP contribution in [0.15, 0.2) is 40.9 Å². The highest BCUT2D eigenvalue weighted by Crippen LogP contribution is 2.20. The molecule has 0 radical (unpaired) electrons. The average Bonchev–Trinajstić information content (AvgIpc) is 3.21. The van der Waals surface area contributed by atoms with Crippen molar-refractivity contribution in [3.63, 3.8) is 0 Å². The molecule has 1 N–H and O–H groups in total. The second-order valence-corrected chi connectivity index (χ2v) is 6.14. The first-order chi connectivity index (χ1) is 12.1. The van der Waals surface area contributed by atoms with E-state index in [-0.39, 0.29) is 11.6 Å². The minimum atomic E-state index is -0.252. The molecule has 2 heterocycles. The van der Waals surface area contributed by atoms with E-state index in [4.69, 9.17) is 16.1 Å². The summed E-state index contributed by atoms with van der Waals surface area (Å²) in [7, 11) is 0. The Morgan fingerprint density at radius 2 is 2.04 bits per heavy atom. The number of benzene rings is 1. The lowest BCUT2D eigenvalue weighted by atomic mass is 10.1. The molecule has 0 aliphatic rings. The predicted molar refractivity (Wildman–Crippen MR) is 95.6 cm³/mol. The number of carbonyl (C=O) groups is 1. The van der Waals surface area contributed by atoms with Crippen LogP contribution in [0.25, 0.3) is 11.3 Å². The van der Waals surface area contributed by atoms with Crippen LogP contribution in [0.2, 0.25) is 5.02 Å². The summed E-state index contributed by atoms with van der Waals surface area (Å²) < 4.78 is 7.09. The Balaban J connectivity index is 1.51. The summed E-state index contributed by atoms with van der Waals surface area (Å²) >= 11 is 6.12. The fraction of sp³-hybridized carbons (Fsp3) is 0.278. The molecule has 0 aliphatic carbocycles. The fourth-order valence-corrected chi connectivity index (χ4v) is 2.67. The summed E-state index contributed by atoms with van der Waals surface area (Å²) in [5.41, 5.74) is 2.91. The van der Waals surface area contributed by atoms with Crippen molar-refractivity contribution in [2.24, 2.45) is 0 Å². The number of hydrogen-bond donors (Lipinski definition) is 1. The minimum absolute atomic E-state index is 0.252. The Bertz CT molecular complexity index is 871. The lowest BCUT2D eigenvalue weighted by molar-refractivity contribution is 0.0943. The van der Waals surface area contributed by atoms with Gasteiger partial charge in [0.25, 0.3) is 5.91 Å². The first kappa shape index (κ1) is 17.2. The number of rotatable bonds is 6. The first-order valence-electron chi connectivity index (χ1n) is 8.06. The highest BCUT2D eigenvalue weighted by molar-refractivity contribution is 6.31. The maximum atomic E-state index is 12.1. The predicted octanol–water partition coefficient (Wildman–Crippen LogP) is 3.63. The molecule has 2 aromatic heterocycles. The Morgan fingerprint density at radius 3 is 2.72 bits per heavy atom. The van der Waals surface area contributed by atoms with Crippen molar-refractivity contribution in [2.75, 3.05) is 6.54 Å². The van der Waals surface area contributed by atoms with Crippen molar-refractivity contribution in [3.05, 3.63) is 58.5 Å². The SMILES string of the molecule is Cc1nn(CCCNC(=O)c2cc(-c3ccccc3)on2)c(C)c1Cl. The van der Waals surface area contributed by atoms with E-state index in [1.54, 1.807) is 6.07 Å². The van der Waals surface area contributed by atoms with Crippen molar-refractivity contribution in [1.29, 1.82) is 0 Å². The summed E-state index contributed by atoms with van der Waals surface area (Å²) in [6, 6.07) is 11.2. The smallest absolute Gasteiger partial charge is 0.273 e. The first-order valence-corrected chi connectivity index (χ1v) is 8.44. The molecule has 0 saturated heterocycles. The van der Waals surface area contributed by atoms with Crippen LogP contribution in [0, 0.1) is 13.8 Å². The molecule has 0 unspecified atom stereocenters. The van der Waals surface area contributed by atoms with Gasteiger partial charge >= 0.3 is 0 Å². The van der Waals surface area contributed by atoms with Gasteiger partial charge in [0.05, 0.1) is 16.4 Å². The minimum Gasteiger partial charge on any atom is -0.355 e. The number of carbonyl (C=O) groups excluding carboxylic acids is 1. The van der Waals surface area contributed by atoms with Gasteiger partial charge in [-0.15, -0.1) is 0 Å². The van der Waals surface area contributed by atoms with Crippen LogP contribution in [-0.2, 0) is 6.54 Å². The lowest BCUT2D eigenvalue weighted by Crippen LogP contribution is -2.25. The van der Waals surface area contributed by atoms with Gasteiger partial charge in [-0.05, 0) is 20.3 Å². The van der Waals surface area contributed by atoms with Crippen LogP contribution in [0.3, 0.4) is 0 Å². The summed E-state index contributed by atoms with van der Waals surface area (Å²) in [4.78, 5) is 12.1. The number of halogens is 1. The summed E-state index contributed by atoms with van der Waals surface area (Å²) in [6.07, 6.45) is 0.743. The molecule has 0 fully saturated rings. The quantitative estimate of drug-likeness (QED) is 0.683. The molecule has 0 aliphatic heterocycles. The third-order valence-corrected chi connectivity index (χ3v) is 4.47. The molecule has 0 saturated carbocycles. The molecule has 130 valence electrons. The van der Waals surface area contributed by atoms with Crippen molar-refractivity contribution in [2.45, 2.75) is 26.8 Å². The van der Waals surface area contributed by atoms with Gasteiger partial charge in [0.2, 0.25) is 0 Å². The van der Waals surface area contributed by atoms with Crippen molar-refractivity contribution in [3.8, 4) is 11.3 Å². The third kappa shape index (κ3) is 3.91. The van der Waals surface area contributed by atoms with Crippen molar-refractivity contribution in [1.82, 2.24) is 20.3 Å². The number of aromatic nitrogens is 3. The van der Waals surface area contributed by atoms with Crippen LogP contribution in [0.5, 0.6) is 0 Å². The molecule has 7 heteroatoms. The van der Waals surface area contributed by atoms with E-state index in [1.807, 2.05) is 48.9 Å². The maximum absolute atomic E-state index is 12.1. The molecular formula is C18H19ClN4O2. The molecule has 1 amide bonds. The second-order valence-electron chi connectivity index (χ2n) is 5.76. The van der Waals surface area contributed by atoms with Crippen LogP contribution in [0.4, 0.5) is 0 Å². The fourth-order valence-electron chi connectivity index (χ4n) is 2.53. The largest absolute Gasteiger partial charge is 0.355 e. The zero-order valence-corrected chi connectivity index (χ0v) is 14.9. The summed E-state index contributed by atoms with van der Waals surface area (Å²) in [5, 5.41) is 11.7. The molecule has 3 aromatic rings. The highest BCUT2D eigenvalue weighted by Gasteiger charge is 2.13. The van der Waals surface area contributed by atoms with E-state index in [0.717, 1.165) is 23.4 Å². The number of hydrogen-bond acceptors (Lipinski definition) is 4. The lowest BCUT2D eigenvalue weighted by Gasteiger charge is -2.05. The third-order valence-electron chi connectivity index (χ3n) is 3.93. The van der Waals surface area contributed by atoms with Crippen molar-refractivity contribution >= 4 is 17.5 Å². The Labute approximate surface area is 150 Å². The molecule has 0 spiro atoms. The van der Waals surface area contributed by atoms with Gasteiger partial charge in [0.1, 0.15) is 0 Å². The molecule has 1 aromatic carbocycles. The van der Waals surface area contributed by atoms with Gasteiger partial charge < -0.3 is 9.84 Å². The summed E-state index contributed by atoms with van der Waals surface area (Å²) in [6.45, 7) is 5.01. The zero-order chi connectivity index (χ0) is 17.8. The molecule has 3 rings (SSSR count). The zero-order valence-electron chi connectivity index (χ0n) is 14.1. The van der Waals surface area contributed by atoms with Gasteiger partial charge in [-0.3, -0.25) is 9.48 Å². The van der Waals surface area contributed by atoms with Crippen LogP contribution in [0.1, 0.15) is 28.3 Å². The topological polar surface area (TPSA) is 73.0 Å². The normalized spacial score (nSPS) is 10.8. The van der Waals surface area contributed by atoms with Crippen LogP contribution < -0.4 is 5.32 Å². The maximum Gasteiger partial charge on any atom is 0.273 e. The number of nitrogens with zero attached hydrogens (tertiary/aromatic N) is 3. The van der Waals surface area contributed by atoms with Gasteiger partial charge in [-0.25, -0.2) is 0 Å². The number of amides is 1. The summed E-state index contributed by atoms with van der Waals surface area (Å²) in [5.74, 6) is 0.320. The van der Waals surface area contributed by atoms with E-state index in [2.05, 4.69) is 15.6 Å². The number of aryl methyl sites for hydroxylation is 2. The monoisotopic (exact) mass is 358 g/mol.